The van der Waals surface area contributed by atoms with Gasteiger partial charge in [0.2, 0.25) is 0 Å². The van der Waals surface area contributed by atoms with Crippen molar-refractivity contribution in [3.63, 3.8) is 0 Å². The Bertz CT molecular complexity index is 908. The van der Waals surface area contributed by atoms with Crippen LogP contribution in [0.3, 0.4) is 0 Å². The normalized spacial score (nSPS) is 15.3. The van der Waals surface area contributed by atoms with Crippen molar-refractivity contribution in [2.45, 2.75) is 12.7 Å². The van der Waals surface area contributed by atoms with Crippen LogP contribution in [0.2, 0.25) is 0 Å². The molecule has 2 aromatic rings. The minimum absolute atomic E-state index is 0.00656. The van der Waals surface area contributed by atoms with Crippen molar-refractivity contribution in [3.8, 4) is 0 Å². The minimum atomic E-state index is -4.36. The first-order chi connectivity index (χ1) is 13.6. The van der Waals surface area contributed by atoms with Crippen LogP contribution in [-0.2, 0) is 12.7 Å². The first-order valence-corrected chi connectivity index (χ1v) is 8.87. The topological polar surface area (TPSA) is 92.7 Å². The zero-order valence-corrected chi connectivity index (χ0v) is 15.4. The fourth-order valence-corrected chi connectivity index (χ4v) is 3.18. The number of anilines is 1. The van der Waals surface area contributed by atoms with E-state index in [9.17, 15) is 28.1 Å². The number of hydrogen-bond donors (Lipinski definition) is 1. The largest absolute Gasteiger partial charge is 0.416 e. The molecule has 1 aliphatic rings. The Morgan fingerprint density at radius 3 is 2.24 bits per heavy atom. The van der Waals surface area contributed by atoms with Gasteiger partial charge < -0.3 is 10.6 Å². The number of alkyl halides is 3. The van der Waals surface area contributed by atoms with Crippen molar-refractivity contribution in [1.29, 1.82) is 0 Å². The van der Waals surface area contributed by atoms with Gasteiger partial charge in [0.05, 0.1) is 10.5 Å². The number of hydrogen-bond acceptors (Lipinski definition) is 5. The van der Waals surface area contributed by atoms with Crippen LogP contribution in [0.1, 0.15) is 21.5 Å². The molecule has 1 heterocycles. The number of nitrogens with two attached hydrogens (primary N) is 1. The van der Waals surface area contributed by atoms with E-state index in [2.05, 4.69) is 0 Å². The Balaban J connectivity index is 1.58. The third kappa shape index (κ3) is 4.83. The third-order valence-corrected chi connectivity index (χ3v) is 4.82. The molecule has 29 heavy (non-hydrogen) atoms. The standard InChI is InChI=1S/C19H19F3N4O3/c20-19(21,22)15-4-1-13(2-5-15)12-24-7-9-25(10-8-24)18(27)14-3-6-16(23)17(11-14)26(28)29/h1-6,11H,7-10,12,23H2. The van der Waals surface area contributed by atoms with E-state index in [-0.39, 0.29) is 22.8 Å². The van der Waals surface area contributed by atoms with Crippen molar-refractivity contribution in [2.24, 2.45) is 0 Å². The Hall–Kier alpha value is -3.14. The van der Waals surface area contributed by atoms with Crippen molar-refractivity contribution in [2.75, 3.05) is 31.9 Å². The van der Waals surface area contributed by atoms with Gasteiger partial charge in [-0.1, -0.05) is 12.1 Å². The number of benzene rings is 2. The lowest BCUT2D eigenvalue weighted by molar-refractivity contribution is -0.383. The van der Waals surface area contributed by atoms with Crippen molar-refractivity contribution in [1.82, 2.24) is 9.80 Å². The van der Waals surface area contributed by atoms with Crippen LogP contribution in [0, 0.1) is 10.1 Å². The summed E-state index contributed by atoms with van der Waals surface area (Å²) in [4.78, 5) is 26.6. The number of nitrogen functional groups attached to an aromatic ring is 1. The monoisotopic (exact) mass is 408 g/mol. The number of amides is 1. The number of nitro groups is 1. The second kappa shape index (κ2) is 8.08. The quantitative estimate of drug-likeness (QED) is 0.477. The zero-order chi connectivity index (χ0) is 21.2. The second-order valence-electron chi connectivity index (χ2n) is 6.79. The summed E-state index contributed by atoms with van der Waals surface area (Å²) in [6.07, 6.45) is -4.36. The van der Waals surface area contributed by atoms with Gasteiger partial charge in [0, 0.05) is 44.4 Å². The highest BCUT2D eigenvalue weighted by atomic mass is 19.4. The Labute approximate surface area is 164 Å². The Kier molecular flexibility index (Phi) is 5.73. The maximum Gasteiger partial charge on any atom is 0.416 e. The van der Waals surface area contributed by atoms with Crippen LogP contribution in [0.25, 0.3) is 0 Å². The lowest BCUT2D eigenvalue weighted by Crippen LogP contribution is -2.48. The first kappa shape index (κ1) is 20.6. The van der Waals surface area contributed by atoms with Crippen molar-refractivity contribution in [3.05, 3.63) is 69.3 Å². The molecule has 0 unspecified atom stereocenters. The van der Waals surface area contributed by atoms with Gasteiger partial charge in [-0.25, -0.2) is 0 Å². The lowest BCUT2D eigenvalue weighted by Gasteiger charge is -2.34. The van der Waals surface area contributed by atoms with Gasteiger partial charge in [-0.05, 0) is 29.8 Å². The van der Waals surface area contributed by atoms with Crippen LogP contribution < -0.4 is 5.73 Å². The molecular weight excluding hydrogens is 389 g/mol. The fraction of sp³-hybridized carbons (Fsp3) is 0.316. The Morgan fingerprint density at radius 2 is 1.69 bits per heavy atom. The molecular formula is C19H19F3N4O3. The van der Waals surface area contributed by atoms with Gasteiger partial charge in [-0.3, -0.25) is 19.8 Å². The van der Waals surface area contributed by atoms with E-state index < -0.39 is 16.7 Å². The molecule has 0 spiro atoms. The molecule has 0 atom stereocenters. The molecule has 7 nitrogen and oxygen atoms in total. The van der Waals surface area contributed by atoms with Crippen LogP contribution in [0.4, 0.5) is 24.5 Å². The fourth-order valence-electron chi connectivity index (χ4n) is 3.18. The molecule has 10 heteroatoms. The summed E-state index contributed by atoms with van der Waals surface area (Å²) in [7, 11) is 0. The van der Waals surface area contributed by atoms with E-state index in [1.165, 1.54) is 30.3 Å². The van der Waals surface area contributed by atoms with Gasteiger partial charge in [0.1, 0.15) is 5.69 Å². The predicted molar refractivity (Wildman–Crippen MR) is 100 cm³/mol. The molecule has 1 saturated heterocycles. The number of nitro benzene ring substituents is 1. The predicted octanol–water partition coefficient (Wildman–Crippen LogP) is 3.15. The average molecular weight is 408 g/mol. The molecule has 0 bridgehead atoms. The maximum absolute atomic E-state index is 12.6. The van der Waals surface area contributed by atoms with Gasteiger partial charge in [0.15, 0.2) is 0 Å². The van der Waals surface area contributed by atoms with Gasteiger partial charge in [-0.2, -0.15) is 13.2 Å². The SMILES string of the molecule is Nc1ccc(C(=O)N2CCN(Cc3ccc(C(F)(F)F)cc3)CC2)cc1[N+](=O)[O-]. The zero-order valence-electron chi connectivity index (χ0n) is 15.4. The molecule has 0 aromatic heterocycles. The summed E-state index contributed by atoms with van der Waals surface area (Å²) < 4.78 is 37.9. The van der Waals surface area contributed by atoms with Crippen molar-refractivity contribution < 1.29 is 22.9 Å². The molecule has 3 rings (SSSR count). The summed E-state index contributed by atoms with van der Waals surface area (Å²) >= 11 is 0. The summed E-state index contributed by atoms with van der Waals surface area (Å²) in [5, 5.41) is 11.0. The number of carbonyl (C=O) groups excluding carboxylic acids is 1. The summed E-state index contributed by atoms with van der Waals surface area (Å²) in [6.45, 7) is 2.40. The van der Waals surface area contributed by atoms with E-state index >= 15 is 0 Å². The van der Waals surface area contributed by atoms with E-state index in [0.717, 1.165) is 17.7 Å². The third-order valence-electron chi connectivity index (χ3n) is 4.82. The number of piperazine rings is 1. The highest BCUT2D eigenvalue weighted by molar-refractivity contribution is 5.95. The van der Waals surface area contributed by atoms with E-state index in [4.69, 9.17) is 5.73 Å². The second-order valence-corrected chi connectivity index (χ2v) is 6.79. The maximum atomic E-state index is 12.6. The van der Waals surface area contributed by atoms with Crippen LogP contribution in [0.15, 0.2) is 42.5 Å². The number of carbonyl (C=O) groups is 1. The first-order valence-electron chi connectivity index (χ1n) is 8.87. The summed E-state index contributed by atoms with van der Waals surface area (Å²) in [5.74, 6) is -0.317. The number of halogens is 3. The molecule has 2 N–H and O–H groups in total. The molecule has 1 aliphatic heterocycles. The molecule has 1 fully saturated rings. The Morgan fingerprint density at radius 1 is 1.07 bits per heavy atom. The van der Waals surface area contributed by atoms with E-state index in [0.29, 0.717) is 32.7 Å². The van der Waals surface area contributed by atoms with Crippen molar-refractivity contribution >= 4 is 17.3 Å². The molecule has 154 valence electrons. The molecule has 0 radical (unpaired) electrons. The van der Waals surface area contributed by atoms with E-state index in [1.54, 1.807) is 4.90 Å². The van der Waals surface area contributed by atoms with Crippen LogP contribution >= 0.6 is 0 Å². The minimum Gasteiger partial charge on any atom is -0.393 e. The highest BCUT2D eigenvalue weighted by Gasteiger charge is 2.30. The van der Waals surface area contributed by atoms with Crippen LogP contribution in [0.5, 0.6) is 0 Å². The molecule has 0 saturated carbocycles. The van der Waals surface area contributed by atoms with Gasteiger partial charge >= 0.3 is 6.18 Å². The highest BCUT2D eigenvalue weighted by Crippen LogP contribution is 2.29. The number of rotatable bonds is 4. The smallest absolute Gasteiger partial charge is 0.393 e. The van der Waals surface area contributed by atoms with Crippen LogP contribution in [-0.4, -0.2) is 46.8 Å². The van der Waals surface area contributed by atoms with E-state index in [1.807, 2.05) is 4.90 Å². The lowest BCUT2D eigenvalue weighted by atomic mass is 10.1. The average Bonchev–Trinajstić information content (AvgIpc) is 2.68. The summed E-state index contributed by atoms with van der Waals surface area (Å²) in [6, 6.07) is 8.99. The molecule has 2 aromatic carbocycles. The van der Waals surface area contributed by atoms with Gasteiger partial charge in [0.25, 0.3) is 11.6 Å². The molecule has 0 aliphatic carbocycles. The molecule has 1 amide bonds. The van der Waals surface area contributed by atoms with Gasteiger partial charge in [-0.15, -0.1) is 0 Å². The number of nitrogens with zero attached hydrogens (tertiary/aromatic N) is 3. The summed E-state index contributed by atoms with van der Waals surface area (Å²) in [5.41, 5.74) is 5.51.